The van der Waals surface area contributed by atoms with E-state index in [0.717, 1.165) is 22.9 Å². The first-order chi connectivity index (χ1) is 14.0. The Labute approximate surface area is 176 Å². The van der Waals surface area contributed by atoms with Crippen molar-refractivity contribution in [3.63, 3.8) is 0 Å². The highest BCUT2D eigenvalue weighted by Gasteiger charge is 2.64. The summed E-state index contributed by atoms with van der Waals surface area (Å²) in [5.74, 6) is -0.908. The van der Waals surface area contributed by atoms with E-state index in [1.165, 1.54) is 4.90 Å². The summed E-state index contributed by atoms with van der Waals surface area (Å²) in [6.07, 6.45) is 2.11. The monoisotopic (exact) mass is 454 g/mol. The van der Waals surface area contributed by atoms with Crippen LogP contribution in [-0.4, -0.2) is 34.4 Å². The summed E-state index contributed by atoms with van der Waals surface area (Å²) >= 11 is 3.46. The number of amides is 2. The number of carbonyl (C=O) groups excluding carboxylic acids is 3. The molecular formula is C22H19BrN2O4. The topological polar surface area (TPSA) is 66.9 Å². The predicted molar refractivity (Wildman–Crippen MR) is 109 cm³/mol. The third-order valence-corrected chi connectivity index (χ3v) is 6.63. The summed E-state index contributed by atoms with van der Waals surface area (Å²) in [6.45, 7) is 0.0678. The standard InChI is InChI=1S/C22H19BrN2O4/c23-17-7-3-1-5-14(17)13-29-21(28)22-12-11-19(26)25(22)18-8-4-2-6-16(18)20(27)24(22)15-9-10-15/h1-8,15H,9-13H2. The molecule has 2 fully saturated rings. The van der Waals surface area contributed by atoms with Gasteiger partial charge in [0.15, 0.2) is 0 Å². The van der Waals surface area contributed by atoms with E-state index < -0.39 is 11.6 Å². The van der Waals surface area contributed by atoms with Crippen molar-refractivity contribution >= 4 is 39.4 Å². The number of rotatable bonds is 4. The van der Waals surface area contributed by atoms with Crippen LogP contribution in [0, 0.1) is 0 Å². The number of fused-ring (bicyclic) bond motifs is 3. The van der Waals surface area contributed by atoms with Crippen molar-refractivity contribution < 1.29 is 19.1 Å². The second-order valence-corrected chi connectivity index (χ2v) is 8.49. The third-order valence-electron chi connectivity index (χ3n) is 5.86. The maximum absolute atomic E-state index is 13.5. The number of halogens is 1. The lowest BCUT2D eigenvalue weighted by Gasteiger charge is -2.48. The Hall–Kier alpha value is -2.67. The van der Waals surface area contributed by atoms with Gasteiger partial charge in [-0.25, -0.2) is 4.79 Å². The fraction of sp³-hybridized carbons (Fsp3) is 0.318. The Morgan fingerprint density at radius 1 is 1.10 bits per heavy atom. The average molecular weight is 455 g/mol. The minimum Gasteiger partial charge on any atom is -0.458 e. The first kappa shape index (κ1) is 18.4. The largest absolute Gasteiger partial charge is 0.458 e. The van der Waals surface area contributed by atoms with Crippen LogP contribution in [0.25, 0.3) is 0 Å². The molecule has 0 aromatic heterocycles. The van der Waals surface area contributed by atoms with Crippen molar-refractivity contribution in [2.45, 2.75) is 44.0 Å². The van der Waals surface area contributed by atoms with Crippen LogP contribution in [0.5, 0.6) is 0 Å². The van der Waals surface area contributed by atoms with E-state index in [1.54, 1.807) is 29.2 Å². The van der Waals surface area contributed by atoms with E-state index in [-0.39, 0.29) is 37.3 Å². The molecule has 0 spiro atoms. The molecule has 2 amide bonds. The van der Waals surface area contributed by atoms with Gasteiger partial charge in [0.2, 0.25) is 11.6 Å². The van der Waals surface area contributed by atoms with E-state index in [0.29, 0.717) is 11.3 Å². The van der Waals surface area contributed by atoms with Crippen LogP contribution in [0.4, 0.5) is 5.69 Å². The van der Waals surface area contributed by atoms with Gasteiger partial charge in [-0.15, -0.1) is 0 Å². The van der Waals surface area contributed by atoms with E-state index in [2.05, 4.69) is 15.9 Å². The highest BCUT2D eigenvalue weighted by molar-refractivity contribution is 9.10. The van der Waals surface area contributed by atoms with Crippen molar-refractivity contribution in [2.24, 2.45) is 0 Å². The van der Waals surface area contributed by atoms with Crippen molar-refractivity contribution in [3.05, 3.63) is 64.1 Å². The lowest BCUT2D eigenvalue weighted by molar-refractivity contribution is -0.159. The van der Waals surface area contributed by atoms with Crippen LogP contribution in [0.3, 0.4) is 0 Å². The van der Waals surface area contributed by atoms with Gasteiger partial charge in [0.1, 0.15) is 6.61 Å². The maximum atomic E-state index is 13.5. The first-order valence-electron chi connectivity index (χ1n) is 9.70. The molecule has 6 nitrogen and oxygen atoms in total. The molecule has 2 aromatic carbocycles. The molecule has 1 saturated heterocycles. The van der Waals surface area contributed by atoms with E-state index in [1.807, 2.05) is 24.3 Å². The minimum atomic E-state index is -1.40. The Kier molecular flexibility index (Phi) is 4.24. The van der Waals surface area contributed by atoms with Crippen molar-refractivity contribution in [3.8, 4) is 0 Å². The van der Waals surface area contributed by atoms with Gasteiger partial charge < -0.3 is 9.64 Å². The number of benzene rings is 2. The van der Waals surface area contributed by atoms with Crippen LogP contribution in [0.15, 0.2) is 53.0 Å². The second kappa shape index (κ2) is 6.69. The number of hydrogen-bond acceptors (Lipinski definition) is 4. The summed E-state index contributed by atoms with van der Waals surface area (Å²) in [6, 6.07) is 14.5. The van der Waals surface area contributed by atoms with Gasteiger partial charge in [0, 0.05) is 28.9 Å². The molecule has 1 saturated carbocycles. The van der Waals surface area contributed by atoms with Crippen molar-refractivity contribution in [2.75, 3.05) is 4.90 Å². The molecule has 0 bridgehead atoms. The molecule has 148 valence electrons. The quantitative estimate of drug-likeness (QED) is 0.661. The van der Waals surface area contributed by atoms with Gasteiger partial charge in [0.25, 0.3) is 5.91 Å². The Balaban J connectivity index is 1.56. The fourth-order valence-corrected chi connectivity index (χ4v) is 4.79. The lowest BCUT2D eigenvalue weighted by Crippen LogP contribution is -2.69. The van der Waals surface area contributed by atoms with Crippen LogP contribution >= 0.6 is 15.9 Å². The summed E-state index contributed by atoms with van der Waals surface area (Å²) in [7, 11) is 0. The number of esters is 1. The summed E-state index contributed by atoms with van der Waals surface area (Å²) in [5, 5.41) is 0. The molecule has 1 aliphatic carbocycles. The number of hydrogen-bond donors (Lipinski definition) is 0. The van der Waals surface area contributed by atoms with Crippen LogP contribution in [0.2, 0.25) is 0 Å². The van der Waals surface area contributed by atoms with Crippen molar-refractivity contribution in [1.29, 1.82) is 0 Å². The first-order valence-corrected chi connectivity index (χ1v) is 10.5. The maximum Gasteiger partial charge on any atom is 0.354 e. The number of nitrogens with zero attached hydrogens (tertiary/aromatic N) is 2. The zero-order valence-corrected chi connectivity index (χ0v) is 17.2. The van der Waals surface area contributed by atoms with E-state index in [4.69, 9.17) is 4.74 Å². The number of anilines is 1. The molecule has 0 N–H and O–H groups in total. The molecule has 2 aromatic rings. The molecule has 1 unspecified atom stereocenters. The van der Waals surface area contributed by atoms with Gasteiger partial charge in [-0.3, -0.25) is 14.5 Å². The van der Waals surface area contributed by atoms with Gasteiger partial charge >= 0.3 is 5.97 Å². The molecular weight excluding hydrogens is 436 g/mol. The number of carbonyl (C=O) groups is 3. The Morgan fingerprint density at radius 2 is 1.83 bits per heavy atom. The fourth-order valence-electron chi connectivity index (χ4n) is 4.39. The molecule has 1 atom stereocenters. The second-order valence-electron chi connectivity index (χ2n) is 7.64. The SMILES string of the molecule is O=C1CCC2(C(=O)OCc3ccccc3Br)N1c1ccccc1C(=O)N2C1CC1. The van der Waals surface area contributed by atoms with Crippen molar-refractivity contribution in [1.82, 2.24) is 4.90 Å². The highest BCUT2D eigenvalue weighted by atomic mass is 79.9. The van der Waals surface area contributed by atoms with E-state index >= 15 is 0 Å². The van der Waals surface area contributed by atoms with E-state index in [9.17, 15) is 14.4 Å². The molecule has 2 heterocycles. The summed E-state index contributed by atoms with van der Waals surface area (Å²) < 4.78 is 6.56. The Morgan fingerprint density at radius 3 is 2.59 bits per heavy atom. The van der Waals surface area contributed by atoms with Crippen LogP contribution in [0.1, 0.15) is 41.6 Å². The minimum absolute atomic E-state index is 0.0414. The average Bonchev–Trinajstić information content (AvgIpc) is 3.50. The number of ether oxygens (including phenoxy) is 1. The summed E-state index contributed by atoms with van der Waals surface area (Å²) in [5.41, 5.74) is 0.387. The van der Waals surface area contributed by atoms with Gasteiger partial charge in [-0.05, 0) is 31.0 Å². The summed E-state index contributed by atoms with van der Waals surface area (Å²) in [4.78, 5) is 42.9. The third kappa shape index (κ3) is 2.71. The molecule has 0 radical (unpaired) electrons. The van der Waals surface area contributed by atoms with Gasteiger partial charge in [-0.2, -0.15) is 0 Å². The van der Waals surface area contributed by atoms with Crippen LogP contribution < -0.4 is 4.90 Å². The molecule has 5 rings (SSSR count). The normalized spacial score (nSPS) is 23.1. The Bertz CT molecular complexity index is 1030. The molecule has 2 aliphatic heterocycles. The highest BCUT2D eigenvalue weighted by Crippen LogP contribution is 2.49. The van der Waals surface area contributed by atoms with Gasteiger partial charge in [0.05, 0.1) is 11.3 Å². The molecule has 29 heavy (non-hydrogen) atoms. The zero-order chi connectivity index (χ0) is 20.2. The lowest BCUT2D eigenvalue weighted by atomic mass is 9.96. The van der Waals surface area contributed by atoms with Gasteiger partial charge in [-0.1, -0.05) is 46.3 Å². The smallest absolute Gasteiger partial charge is 0.354 e. The predicted octanol–water partition coefficient (Wildman–Crippen LogP) is 3.63. The zero-order valence-electron chi connectivity index (χ0n) is 15.6. The number of para-hydroxylation sites is 1. The molecule has 7 heteroatoms. The van der Waals surface area contributed by atoms with Crippen LogP contribution in [-0.2, 0) is 20.9 Å². The molecule has 3 aliphatic rings.